The van der Waals surface area contributed by atoms with Crippen LogP contribution in [0.1, 0.15) is 62.1 Å². The van der Waals surface area contributed by atoms with Crippen molar-refractivity contribution in [2.75, 3.05) is 64.3 Å². The number of halogens is 4. The van der Waals surface area contributed by atoms with Gasteiger partial charge in [0.1, 0.15) is 5.75 Å². The van der Waals surface area contributed by atoms with Gasteiger partial charge in [0.2, 0.25) is 0 Å². The van der Waals surface area contributed by atoms with Gasteiger partial charge in [-0.2, -0.15) is 13.2 Å². The lowest BCUT2D eigenvalue weighted by molar-refractivity contribution is -0.145. The number of urea groups is 1. The molecule has 0 spiro atoms. The number of piperidine rings is 3. The molecular weight excluding hydrogens is 743 g/mol. The van der Waals surface area contributed by atoms with Gasteiger partial charge in [-0.3, -0.25) is 14.5 Å². The number of alkyl halides is 3. The summed E-state index contributed by atoms with van der Waals surface area (Å²) in [6, 6.07) is 9.20. The number of nitrogens with one attached hydrogen (secondary N) is 1. The predicted octanol–water partition coefficient (Wildman–Crippen LogP) is 6.18. The molecule has 0 unspecified atom stereocenters. The zero-order chi connectivity index (χ0) is 39.3. The summed E-state index contributed by atoms with van der Waals surface area (Å²) in [6.07, 6.45) is -2.55. The molecule has 1 atom stereocenters. The zero-order valence-corrected chi connectivity index (χ0v) is 31.7. The molecule has 6 rings (SSSR count). The third-order valence-corrected chi connectivity index (χ3v) is 11.8. The van der Waals surface area contributed by atoms with Crippen molar-refractivity contribution >= 4 is 41.3 Å². The number of likely N-dealkylation sites (tertiary alicyclic amines) is 3. The number of para-hydroxylation sites is 1. The van der Waals surface area contributed by atoms with E-state index in [0.29, 0.717) is 57.3 Å². The highest BCUT2D eigenvalue weighted by atomic mass is 35.5. The summed E-state index contributed by atoms with van der Waals surface area (Å²) in [7, 11) is 0. The number of rotatable bonds is 9. The quantitative estimate of drug-likeness (QED) is 0.288. The van der Waals surface area contributed by atoms with Gasteiger partial charge in [-0.15, -0.1) is 0 Å². The fourth-order valence-corrected chi connectivity index (χ4v) is 8.69. The fraction of sp³-hybridized carbons (Fsp3) is 0.590. The van der Waals surface area contributed by atoms with Crippen LogP contribution in [-0.2, 0) is 38.1 Å². The van der Waals surface area contributed by atoms with Crippen LogP contribution < -0.4 is 5.32 Å². The van der Waals surface area contributed by atoms with Crippen molar-refractivity contribution in [3.8, 4) is 5.75 Å². The summed E-state index contributed by atoms with van der Waals surface area (Å²) < 4.78 is 52.3. The Morgan fingerprint density at radius 2 is 1.56 bits per heavy atom. The third kappa shape index (κ3) is 9.96. The molecule has 0 saturated carbocycles. The van der Waals surface area contributed by atoms with E-state index < -0.39 is 40.6 Å². The molecular formula is C39H49ClF3N5O7. The van der Waals surface area contributed by atoms with E-state index in [4.69, 9.17) is 21.1 Å². The van der Waals surface area contributed by atoms with Gasteiger partial charge >= 0.3 is 24.3 Å². The smallest absolute Gasteiger partial charge is 0.420 e. The van der Waals surface area contributed by atoms with Crippen LogP contribution in [0, 0.1) is 11.8 Å². The van der Waals surface area contributed by atoms with Crippen LogP contribution in [0.25, 0.3) is 0 Å². The van der Waals surface area contributed by atoms with Crippen LogP contribution in [-0.4, -0.2) is 120 Å². The highest BCUT2D eigenvalue weighted by molar-refractivity contribution is 6.32. The number of nitrogens with zero attached hydrogens (tertiary/aromatic N) is 4. The predicted molar refractivity (Wildman–Crippen MR) is 198 cm³/mol. The van der Waals surface area contributed by atoms with E-state index in [0.717, 1.165) is 62.2 Å². The number of benzene rings is 2. The average Bonchev–Trinajstić information content (AvgIpc) is 3.33. The number of phenols is 1. The number of carbonyl (C=O) groups is 4. The monoisotopic (exact) mass is 791 g/mol. The molecule has 4 heterocycles. The molecule has 300 valence electrons. The van der Waals surface area contributed by atoms with E-state index in [9.17, 15) is 37.5 Å². The first-order valence-corrected chi connectivity index (χ1v) is 19.5. The number of esters is 1. The largest absolute Gasteiger partial charge is 0.506 e. The van der Waals surface area contributed by atoms with Crippen LogP contribution in [0.15, 0.2) is 36.4 Å². The molecule has 16 heteroatoms. The lowest BCUT2D eigenvalue weighted by Gasteiger charge is -2.41. The maximum Gasteiger partial charge on any atom is 0.420 e. The summed E-state index contributed by atoms with van der Waals surface area (Å²) in [5.41, 5.74) is 0.466. The first-order chi connectivity index (χ1) is 26.3. The lowest BCUT2D eigenvalue weighted by Crippen LogP contribution is -2.52. The minimum atomic E-state index is -4.91. The number of ether oxygens (including phenoxy) is 2. The Labute approximate surface area is 323 Å². The normalized spacial score (nSPS) is 20.0. The Kier molecular flexibility index (Phi) is 13.0. The van der Waals surface area contributed by atoms with Crippen LogP contribution in [0.2, 0.25) is 5.02 Å². The molecule has 2 N–H and O–H groups in total. The van der Waals surface area contributed by atoms with E-state index in [1.54, 1.807) is 16.7 Å². The van der Waals surface area contributed by atoms with E-state index >= 15 is 0 Å². The average molecular weight is 792 g/mol. The second-order valence-corrected chi connectivity index (χ2v) is 15.3. The Morgan fingerprint density at radius 1 is 0.927 bits per heavy atom. The summed E-state index contributed by atoms with van der Waals surface area (Å²) in [6.45, 7) is 5.81. The SMILES string of the molecule is CCOC(=O)CN1CCC(C2CCN(C(=O)[C@@H](Cc3cc(Cl)c(O)c(C(F)(F)F)c3)OC(=O)N3CCC(N4CCc5ccccc5NC4=O)CC3)CC2)CC1. The van der Waals surface area contributed by atoms with Crippen molar-refractivity contribution in [1.82, 2.24) is 19.6 Å². The molecule has 0 radical (unpaired) electrons. The standard InChI is InChI=1S/C39H49ClF3N5O7/c1-2-54-34(49)24-45-14-7-26(8-15-45)27-9-16-46(17-10-27)36(51)33(23-25-21-30(39(41,42)43)35(50)31(40)22-25)55-38(53)47-18-12-29(13-19-47)48-20-11-28-5-3-4-6-32(28)44-37(48)52/h3-6,21-22,26-27,29,33,50H,2,7-20,23-24H2,1H3,(H,44,52)/t33-/m1/s1. The van der Waals surface area contributed by atoms with Gasteiger partial charge in [-0.1, -0.05) is 29.8 Å². The Balaban J connectivity index is 1.09. The van der Waals surface area contributed by atoms with Crippen molar-refractivity contribution in [2.24, 2.45) is 11.8 Å². The Hall–Kier alpha value is -4.24. The van der Waals surface area contributed by atoms with E-state index in [1.165, 1.54) is 4.90 Å². The van der Waals surface area contributed by atoms with Gasteiger partial charge < -0.3 is 34.6 Å². The first-order valence-electron chi connectivity index (χ1n) is 19.2. The fourth-order valence-electron chi connectivity index (χ4n) is 8.44. The molecule has 55 heavy (non-hydrogen) atoms. The van der Waals surface area contributed by atoms with Gasteiger partial charge in [-0.05, 0) is 106 Å². The summed E-state index contributed by atoms with van der Waals surface area (Å²) in [5.74, 6) is -1.06. The van der Waals surface area contributed by atoms with E-state index in [1.807, 2.05) is 24.3 Å². The van der Waals surface area contributed by atoms with Crippen molar-refractivity contribution < 1.29 is 46.9 Å². The topological polar surface area (TPSA) is 132 Å². The summed E-state index contributed by atoms with van der Waals surface area (Å²) >= 11 is 6.01. The van der Waals surface area contributed by atoms with E-state index in [2.05, 4.69) is 10.2 Å². The Bertz CT molecular complexity index is 1710. The van der Waals surface area contributed by atoms with Crippen LogP contribution in [0.5, 0.6) is 5.75 Å². The van der Waals surface area contributed by atoms with Crippen LogP contribution in [0.4, 0.5) is 28.4 Å². The van der Waals surface area contributed by atoms with Crippen LogP contribution in [0.3, 0.4) is 0 Å². The number of carbonyl (C=O) groups excluding carboxylic acids is 4. The number of anilines is 1. The minimum absolute atomic E-state index is 0.0161. The molecule has 12 nitrogen and oxygen atoms in total. The van der Waals surface area contributed by atoms with Gasteiger partial charge in [0.25, 0.3) is 5.91 Å². The van der Waals surface area contributed by atoms with Gasteiger partial charge in [0, 0.05) is 50.9 Å². The Morgan fingerprint density at radius 3 is 2.22 bits per heavy atom. The molecule has 4 aliphatic heterocycles. The molecule has 0 aliphatic carbocycles. The minimum Gasteiger partial charge on any atom is -0.506 e. The van der Waals surface area contributed by atoms with Crippen molar-refractivity contribution in [1.29, 1.82) is 0 Å². The number of amides is 4. The number of hydrogen-bond donors (Lipinski definition) is 2. The maximum absolute atomic E-state index is 14.1. The highest BCUT2D eigenvalue weighted by Gasteiger charge is 2.39. The molecule has 4 amide bonds. The number of fused-ring (bicyclic) bond motifs is 1. The van der Waals surface area contributed by atoms with Crippen molar-refractivity contribution in [3.63, 3.8) is 0 Å². The molecule has 0 aromatic heterocycles. The van der Waals surface area contributed by atoms with Gasteiger partial charge in [0.05, 0.1) is 23.7 Å². The number of aromatic hydroxyl groups is 1. The first kappa shape index (κ1) is 40.4. The summed E-state index contributed by atoms with van der Waals surface area (Å²) in [5, 5.41) is 12.5. The van der Waals surface area contributed by atoms with E-state index in [-0.39, 0.29) is 49.7 Å². The zero-order valence-electron chi connectivity index (χ0n) is 31.0. The second kappa shape index (κ2) is 17.7. The molecule has 2 aromatic carbocycles. The third-order valence-electron chi connectivity index (χ3n) is 11.5. The second-order valence-electron chi connectivity index (χ2n) is 14.9. The molecule has 4 aliphatic rings. The maximum atomic E-state index is 14.1. The van der Waals surface area contributed by atoms with Crippen molar-refractivity contribution in [2.45, 2.75) is 76.6 Å². The highest BCUT2D eigenvalue weighted by Crippen LogP contribution is 2.41. The molecule has 3 fully saturated rings. The van der Waals surface area contributed by atoms with Crippen molar-refractivity contribution in [3.05, 3.63) is 58.1 Å². The van der Waals surface area contributed by atoms with Crippen LogP contribution >= 0.6 is 11.6 Å². The number of phenolic OH excluding ortho intramolecular Hbond substituents is 1. The molecule has 3 saturated heterocycles. The molecule has 2 aromatic rings. The molecule has 0 bridgehead atoms. The number of hydrogen-bond acceptors (Lipinski definition) is 8. The lowest BCUT2D eigenvalue weighted by atomic mass is 9.78. The van der Waals surface area contributed by atoms with Gasteiger partial charge in [0.15, 0.2) is 6.10 Å². The van der Waals surface area contributed by atoms with Gasteiger partial charge in [-0.25, -0.2) is 9.59 Å². The summed E-state index contributed by atoms with van der Waals surface area (Å²) in [4.78, 5) is 59.7.